The van der Waals surface area contributed by atoms with Gasteiger partial charge in [0.15, 0.2) is 0 Å². The van der Waals surface area contributed by atoms with E-state index in [1.807, 2.05) is 6.92 Å². The molecule has 0 saturated heterocycles. The fourth-order valence-corrected chi connectivity index (χ4v) is 2.15. The zero-order valence-electron chi connectivity index (χ0n) is 11.8. The minimum Gasteiger partial charge on any atom is -0.495 e. The van der Waals surface area contributed by atoms with Crippen molar-refractivity contribution in [3.05, 3.63) is 39.7 Å². The summed E-state index contributed by atoms with van der Waals surface area (Å²) in [6.07, 6.45) is 0. The molecule has 2 rings (SSSR count). The lowest BCUT2D eigenvalue weighted by atomic mass is 10.1. The maximum atomic E-state index is 12.3. The first kappa shape index (κ1) is 14.4. The zero-order chi connectivity index (χ0) is 14.9. The molecule has 2 aromatic rings. The number of rotatable bonds is 3. The molecule has 106 valence electrons. The van der Waals surface area contributed by atoms with Gasteiger partial charge in [0.05, 0.1) is 24.1 Å². The van der Waals surface area contributed by atoms with E-state index in [1.54, 1.807) is 26.0 Å². The number of nitrogens with one attached hydrogen (secondary N) is 2. The Hall–Kier alpha value is -2.01. The van der Waals surface area contributed by atoms with E-state index in [0.29, 0.717) is 27.7 Å². The largest absolute Gasteiger partial charge is 0.495 e. The molecule has 0 aliphatic heterocycles. The highest BCUT2D eigenvalue weighted by Crippen LogP contribution is 2.31. The second kappa shape index (κ2) is 5.54. The molecule has 2 N–H and O–H groups in total. The van der Waals surface area contributed by atoms with Gasteiger partial charge in [-0.25, -0.2) is 0 Å². The minimum absolute atomic E-state index is 0.228. The normalized spacial score (nSPS) is 10.4. The lowest BCUT2D eigenvalue weighted by molar-refractivity contribution is 0.102. The number of anilines is 1. The van der Waals surface area contributed by atoms with Crippen molar-refractivity contribution in [2.45, 2.75) is 20.8 Å². The van der Waals surface area contributed by atoms with Crippen molar-refractivity contribution in [2.24, 2.45) is 0 Å². The second-order valence-electron chi connectivity index (χ2n) is 4.56. The molecular weight excluding hydrogens is 278 g/mol. The monoisotopic (exact) mass is 293 g/mol. The molecule has 0 saturated carbocycles. The van der Waals surface area contributed by atoms with E-state index in [2.05, 4.69) is 15.5 Å². The summed E-state index contributed by atoms with van der Waals surface area (Å²) in [5, 5.41) is 10.2. The summed E-state index contributed by atoms with van der Waals surface area (Å²) in [6.45, 7) is 5.45. The highest BCUT2D eigenvalue weighted by Gasteiger charge is 2.17. The fraction of sp³-hybridized carbons (Fsp3) is 0.286. The molecule has 0 bridgehead atoms. The van der Waals surface area contributed by atoms with Crippen LogP contribution in [0.3, 0.4) is 0 Å². The van der Waals surface area contributed by atoms with Crippen molar-refractivity contribution < 1.29 is 9.53 Å². The summed E-state index contributed by atoms with van der Waals surface area (Å²) in [5.41, 5.74) is 3.37. The van der Waals surface area contributed by atoms with Crippen LogP contribution in [0.4, 0.5) is 5.69 Å². The molecule has 1 heterocycles. The smallest absolute Gasteiger partial charge is 0.259 e. The van der Waals surface area contributed by atoms with Crippen molar-refractivity contribution in [1.29, 1.82) is 0 Å². The zero-order valence-corrected chi connectivity index (χ0v) is 12.6. The number of methoxy groups -OCH3 is 1. The third kappa shape index (κ3) is 2.63. The number of carbonyl (C=O) groups is 1. The van der Waals surface area contributed by atoms with Crippen LogP contribution in [-0.2, 0) is 0 Å². The number of aryl methyl sites for hydroxylation is 3. The number of carbonyl (C=O) groups excluding carboxylic acids is 1. The maximum absolute atomic E-state index is 12.3. The van der Waals surface area contributed by atoms with E-state index in [1.165, 1.54) is 7.11 Å². The van der Waals surface area contributed by atoms with Gasteiger partial charge in [-0.2, -0.15) is 5.10 Å². The highest BCUT2D eigenvalue weighted by molar-refractivity contribution is 6.31. The number of benzene rings is 1. The summed E-state index contributed by atoms with van der Waals surface area (Å²) < 4.78 is 5.24. The number of amides is 1. The van der Waals surface area contributed by atoms with Gasteiger partial charge in [0.2, 0.25) is 0 Å². The Bertz CT molecular complexity index is 645. The third-order valence-electron chi connectivity index (χ3n) is 3.08. The molecule has 0 unspecified atom stereocenters. The highest BCUT2D eigenvalue weighted by atomic mass is 35.5. The SMILES string of the molecule is COc1cc(Cl)c(C)cc1NC(=O)c1c(C)n[nH]c1C. The number of nitrogens with zero attached hydrogens (tertiary/aromatic N) is 1. The van der Waals surface area contributed by atoms with E-state index in [-0.39, 0.29) is 5.91 Å². The predicted octanol–water partition coefficient (Wildman–Crippen LogP) is 3.25. The number of ether oxygens (including phenoxy) is 1. The van der Waals surface area contributed by atoms with E-state index in [4.69, 9.17) is 16.3 Å². The summed E-state index contributed by atoms with van der Waals surface area (Å²) in [6, 6.07) is 3.46. The molecule has 1 aromatic carbocycles. The molecule has 1 amide bonds. The Balaban J connectivity index is 2.35. The Morgan fingerprint density at radius 2 is 2.05 bits per heavy atom. The van der Waals surface area contributed by atoms with Gasteiger partial charge in [0.25, 0.3) is 5.91 Å². The fourth-order valence-electron chi connectivity index (χ4n) is 2.00. The van der Waals surface area contributed by atoms with Crippen LogP contribution in [0.1, 0.15) is 27.3 Å². The molecule has 0 aliphatic rings. The first-order valence-electron chi connectivity index (χ1n) is 6.11. The third-order valence-corrected chi connectivity index (χ3v) is 3.49. The number of halogens is 1. The van der Waals surface area contributed by atoms with Crippen molar-refractivity contribution >= 4 is 23.2 Å². The van der Waals surface area contributed by atoms with Crippen LogP contribution in [-0.4, -0.2) is 23.2 Å². The number of H-pyrrole nitrogens is 1. The number of aromatic nitrogens is 2. The van der Waals surface area contributed by atoms with Gasteiger partial charge in [-0.1, -0.05) is 11.6 Å². The molecule has 20 heavy (non-hydrogen) atoms. The molecule has 0 aliphatic carbocycles. The topological polar surface area (TPSA) is 67.0 Å². The number of hydrogen-bond acceptors (Lipinski definition) is 3. The van der Waals surface area contributed by atoms with E-state index >= 15 is 0 Å². The van der Waals surface area contributed by atoms with Gasteiger partial charge in [-0.05, 0) is 32.4 Å². The first-order valence-corrected chi connectivity index (χ1v) is 6.49. The lowest BCUT2D eigenvalue weighted by Gasteiger charge is -2.12. The quantitative estimate of drug-likeness (QED) is 0.913. The second-order valence-corrected chi connectivity index (χ2v) is 4.97. The number of aromatic amines is 1. The predicted molar refractivity (Wildman–Crippen MR) is 78.8 cm³/mol. The van der Waals surface area contributed by atoms with Crippen LogP contribution in [0.5, 0.6) is 5.75 Å². The van der Waals surface area contributed by atoms with Gasteiger partial charge in [0.1, 0.15) is 5.75 Å². The van der Waals surface area contributed by atoms with Crippen LogP contribution in [0.15, 0.2) is 12.1 Å². The first-order chi connectivity index (χ1) is 9.43. The van der Waals surface area contributed by atoms with Crippen molar-refractivity contribution in [2.75, 3.05) is 12.4 Å². The minimum atomic E-state index is -0.228. The Kier molecular flexibility index (Phi) is 3.99. The van der Waals surface area contributed by atoms with Gasteiger partial charge in [0, 0.05) is 16.8 Å². The van der Waals surface area contributed by atoms with Crippen molar-refractivity contribution in [3.8, 4) is 5.75 Å². The lowest BCUT2D eigenvalue weighted by Crippen LogP contribution is -2.14. The molecule has 0 spiro atoms. The van der Waals surface area contributed by atoms with Crippen LogP contribution < -0.4 is 10.1 Å². The van der Waals surface area contributed by atoms with Crippen LogP contribution in [0.2, 0.25) is 5.02 Å². The van der Waals surface area contributed by atoms with Gasteiger partial charge < -0.3 is 10.1 Å². The summed E-state index contributed by atoms with van der Waals surface area (Å²) >= 11 is 6.04. The van der Waals surface area contributed by atoms with Gasteiger partial charge in [-0.3, -0.25) is 9.89 Å². The molecule has 0 fully saturated rings. The molecular formula is C14H16ClN3O2. The van der Waals surface area contributed by atoms with Crippen LogP contribution >= 0.6 is 11.6 Å². The average Bonchev–Trinajstić information content (AvgIpc) is 2.73. The molecule has 5 nitrogen and oxygen atoms in total. The summed E-state index contributed by atoms with van der Waals surface area (Å²) in [7, 11) is 1.53. The Morgan fingerprint density at radius 3 is 2.60 bits per heavy atom. The van der Waals surface area contributed by atoms with Gasteiger partial charge in [-0.15, -0.1) is 0 Å². The van der Waals surface area contributed by atoms with Crippen LogP contribution in [0, 0.1) is 20.8 Å². The molecule has 0 radical (unpaired) electrons. The van der Waals surface area contributed by atoms with Crippen molar-refractivity contribution in [1.82, 2.24) is 10.2 Å². The van der Waals surface area contributed by atoms with Crippen molar-refractivity contribution in [3.63, 3.8) is 0 Å². The number of hydrogen-bond donors (Lipinski definition) is 2. The standard InChI is InChI=1S/C14H16ClN3O2/c1-7-5-11(12(20-4)6-10(7)15)16-14(19)13-8(2)17-18-9(13)3/h5-6H,1-4H3,(H,16,19)(H,17,18). The summed E-state index contributed by atoms with van der Waals surface area (Å²) in [4.78, 5) is 12.3. The molecule has 6 heteroatoms. The molecule has 0 atom stereocenters. The van der Waals surface area contributed by atoms with E-state index in [0.717, 1.165) is 11.3 Å². The van der Waals surface area contributed by atoms with E-state index in [9.17, 15) is 4.79 Å². The van der Waals surface area contributed by atoms with Crippen LogP contribution in [0.25, 0.3) is 0 Å². The maximum Gasteiger partial charge on any atom is 0.259 e. The Morgan fingerprint density at radius 1 is 1.35 bits per heavy atom. The van der Waals surface area contributed by atoms with Gasteiger partial charge >= 0.3 is 0 Å². The van der Waals surface area contributed by atoms with E-state index < -0.39 is 0 Å². The summed E-state index contributed by atoms with van der Waals surface area (Å²) in [5.74, 6) is 0.293. The average molecular weight is 294 g/mol. The Labute approximate surface area is 122 Å². The molecule has 1 aromatic heterocycles.